The first-order chi connectivity index (χ1) is 13.9. The van der Waals surface area contributed by atoms with Crippen molar-refractivity contribution < 1.29 is 22.7 Å². The smallest absolute Gasteiger partial charge is 0.227 e. The molecule has 7 nitrogen and oxygen atoms in total. The van der Waals surface area contributed by atoms with Crippen LogP contribution < -0.4 is 14.8 Å². The van der Waals surface area contributed by atoms with E-state index in [0.717, 1.165) is 5.56 Å². The average molecular weight is 419 g/mol. The third-order valence-corrected chi connectivity index (χ3v) is 6.92. The largest absolute Gasteiger partial charge is 0.497 e. The summed E-state index contributed by atoms with van der Waals surface area (Å²) >= 11 is 0. The van der Waals surface area contributed by atoms with Crippen LogP contribution in [0.15, 0.2) is 48.5 Å². The van der Waals surface area contributed by atoms with Gasteiger partial charge >= 0.3 is 0 Å². The van der Waals surface area contributed by atoms with Gasteiger partial charge in [0.05, 0.1) is 25.7 Å². The van der Waals surface area contributed by atoms with Gasteiger partial charge in [-0.15, -0.1) is 0 Å². The second-order valence-electron chi connectivity index (χ2n) is 6.97. The van der Waals surface area contributed by atoms with E-state index in [0.29, 0.717) is 43.1 Å². The predicted molar refractivity (Wildman–Crippen MR) is 112 cm³/mol. The molecule has 2 aromatic carbocycles. The van der Waals surface area contributed by atoms with Gasteiger partial charge in [0.1, 0.15) is 11.5 Å². The van der Waals surface area contributed by atoms with Crippen LogP contribution in [0.5, 0.6) is 11.5 Å². The molecular weight excluding hydrogens is 392 g/mol. The molecule has 156 valence electrons. The summed E-state index contributed by atoms with van der Waals surface area (Å²) in [6.45, 7) is 0.672. The van der Waals surface area contributed by atoms with Gasteiger partial charge in [-0.25, -0.2) is 12.7 Å². The van der Waals surface area contributed by atoms with Crippen molar-refractivity contribution in [1.29, 1.82) is 0 Å². The lowest BCUT2D eigenvalue weighted by atomic mass is 9.97. The van der Waals surface area contributed by atoms with E-state index in [2.05, 4.69) is 5.32 Å². The van der Waals surface area contributed by atoms with Gasteiger partial charge in [-0.1, -0.05) is 30.3 Å². The van der Waals surface area contributed by atoms with Crippen LogP contribution in [-0.4, -0.2) is 45.9 Å². The van der Waals surface area contributed by atoms with Gasteiger partial charge in [0.15, 0.2) is 0 Å². The Kier molecular flexibility index (Phi) is 6.76. The van der Waals surface area contributed by atoms with Crippen LogP contribution in [0, 0.1) is 5.92 Å². The molecule has 1 aliphatic rings. The van der Waals surface area contributed by atoms with E-state index in [9.17, 15) is 13.2 Å². The molecule has 1 amide bonds. The lowest BCUT2D eigenvalue weighted by Gasteiger charge is -2.30. The molecule has 2 aromatic rings. The number of nitrogens with zero attached hydrogens (tertiary/aromatic N) is 1. The molecule has 1 fully saturated rings. The quantitative estimate of drug-likeness (QED) is 0.747. The van der Waals surface area contributed by atoms with Crippen molar-refractivity contribution in [2.45, 2.75) is 18.6 Å². The maximum absolute atomic E-state index is 12.7. The lowest BCUT2D eigenvalue weighted by molar-refractivity contribution is -0.120. The molecule has 0 atom stereocenters. The molecular formula is C21H26N2O5S. The van der Waals surface area contributed by atoms with Crippen LogP contribution in [0.2, 0.25) is 0 Å². The highest BCUT2D eigenvalue weighted by Crippen LogP contribution is 2.30. The number of benzene rings is 2. The number of carbonyl (C=O) groups is 1. The van der Waals surface area contributed by atoms with Gasteiger partial charge in [-0.05, 0) is 30.5 Å². The minimum absolute atomic E-state index is 0.0221. The zero-order valence-electron chi connectivity index (χ0n) is 16.6. The third-order valence-electron chi connectivity index (χ3n) is 5.07. The summed E-state index contributed by atoms with van der Waals surface area (Å²) in [5, 5.41) is 2.89. The maximum atomic E-state index is 12.7. The Hall–Kier alpha value is -2.58. The van der Waals surface area contributed by atoms with Gasteiger partial charge in [0.25, 0.3) is 0 Å². The van der Waals surface area contributed by atoms with Crippen LogP contribution in [-0.2, 0) is 20.6 Å². The second-order valence-corrected chi connectivity index (χ2v) is 8.94. The number of carbonyl (C=O) groups excluding carboxylic acids is 1. The normalized spacial score (nSPS) is 15.7. The number of hydrogen-bond donors (Lipinski definition) is 1. The summed E-state index contributed by atoms with van der Waals surface area (Å²) < 4.78 is 37.3. The monoisotopic (exact) mass is 418 g/mol. The van der Waals surface area contributed by atoms with E-state index in [1.807, 2.05) is 18.2 Å². The number of hydrogen-bond acceptors (Lipinski definition) is 5. The van der Waals surface area contributed by atoms with E-state index >= 15 is 0 Å². The van der Waals surface area contributed by atoms with Crippen LogP contribution >= 0.6 is 0 Å². The first-order valence-corrected chi connectivity index (χ1v) is 11.1. The van der Waals surface area contributed by atoms with E-state index < -0.39 is 10.0 Å². The molecule has 0 spiro atoms. The number of sulfonamides is 1. The highest BCUT2D eigenvalue weighted by Gasteiger charge is 2.31. The van der Waals surface area contributed by atoms with Crippen molar-refractivity contribution in [2.24, 2.45) is 5.92 Å². The molecule has 1 aliphatic heterocycles. The fraction of sp³-hybridized carbons (Fsp3) is 0.381. The standard InChI is InChI=1S/C21H26N2O5S/c1-27-18-8-9-20(28-2)19(14-18)22-21(24)17-10-12-23(13-11-17)29(25,26)15-16-6-4-3-5-7-16/h3-9,14,17H,10-13,15H2,1-2H3,(H,22,24). The first kappa shape index (κ1) is 21.1. The molecule has 1 saturated heterocycles. The minimum atomic E-state index is -3.40. The van der Waals surface area contributed by atoms with Gasteiger partial charge in [0, 0.05) is 25.1 Å². The first-order valence-electron chi connectivity index (χ1n) is 9.47. The maximum Gasteiger partial charge on any atom is 0.227 e. The Balaban J connectivity index is 1.60. The van der Waals surface area contributed by atoms with Crippen LogP contribution in [0.1, 0.15) is 18.4 Å². The lowest BCUT2D eigenvalue weighted by Crippen LogP contribution is -2.41. The Morgan fingerprint density at radius 2 is 1.76 bits per heavy atom. The third kappa shape index (κ3) is 5.27. The SMILES string of the molecule is COc1ccc(OC)c(NC(=O)C2CCN(S(=O)(=O)Cc3ccccc3)CC2)c1. The molecule has 0 bridgehead atoms. The fourth-order valence-electron chi connectivity index (χ4n) is 3.42. The van der Waals surface area contributed by atoms with E-state index in [4.69, 9.17) is 9.47 Å². The number of rotatable bonds is 7. The second kappa shape index (κ2) is 9.28. The minimum Gasteiger partial charge on any atom is -0.497 e. The van der Waals surface area contributed by atoms with Crippen molar-refractivity contribution in [3.05, 3.63) is 54.1 Å². The highest BCUT2D eigenvalue weighted by molar-refractivity contribution is 7.88. The number of methoxy groups -OCH3 is 2. The number of nitrogens with one attached hydrogen (secondary N) is 1. The predicted octanol–water partition coefficient (Wildman–Crippen LogP) is 2.88. The van der Waals surface area contributed by atoms with Crippen LogP contribution in [0.25, 0.3) is 0 Å². The average Bonchev–Trinajstić information content (AvgIpc) is 2.74. The van der Waals surface area contributed by atoms with Crippen molar-refractivity contribution in [3.63, 3.8) is 0 Å². The number of anilines is 1. The van der Waals surface area contributed by atoms with Crippen molar-refractivity contribution >= 4 is 21.6 Å². The highest BCUT2D eigenvalue weighted by atomic mass is 32.2. The number of piperidine rings is 1. The fourth-order valence-corrected chi connectivity index (χ4v) is 4.98. The van der Waals surface area contributed by atoms with E-state index in [-0.39, 0.29) is 17.6 Å². The van der Waals surface area contributed by atoms with Crippen molar-refractivity contribution in [2.75, 3.05) is 32.6 Å². The Labute approximate surface area is 171 Å². The summed E-state index contributed by atoms with van der Waals surface area (Å²) in [6, 6.07) is 14.3. The zero-order valence-corrected chi connectivity index (χ0v) is 17.4. The molecule has 8 heteroatoms. The number of ether oxygens (including phenoxy) is 2. The summed E-state index contributed by atoms with van der Waals surface area (Å²) in [5.74, 6) is 0.738. The van der Waals surface area contributed by atoms with Crippen molar-refractivity contribution in [3.8, 4) is 11.5 Å². The Morgan fingerprint density at radius 3 is 2.38 bits per heavy atom. The molecule has 0 saturated carbocycles. The molecule has 1 heterocycles. The summed E-state index contributed by atoms with van der Waals surface area (Å²) in [7, 11) is -0.309. The van der Waals surface area contributed by atoms with E-state index in [1.165, 1.54) is 11.4 Å². The molecule has 1 N–H and O–H groups in total. The van der Waals surface area contributed by atoms with Gasteiger partial charge < -0.3 is 14.8 Å². The van der Waals surface area contributed by atoms with Crippen LogP contribution in [0.4, 0.5) is 5.69 Å². The topological polar surface area (TPSA) is 84.9 Å². The number of amides is 1. The van der Waals surface area contributed by atoms with E-state index in [1.54, 1.807) is 37.4 Å². The van der Waals surface area contributed by atoms with Gasteiger partial charge in [-0.2, -0.15) is 0 Å². The van der Waals surface area contributed by atoms with Crippen LogP contribution in [0.3, 0.4) is 0 Å². The summed E-state index contributed by atoms with van der Waals surface area (Å²) in [4.78, 5) is 12.7. The molecule has 0 aromatic heterocycles. The van der Waals surface area contributed by atoms with Crippen molar-refractivity contribution in [1.82, 2.24) is 4.31 Å². The van der Waals surface area contributed by atoms with Gasteiger partial charge in [-0.3, -0.25) is 4.79 Å². The van der Waals surface area contributed by atoms with Gasteiger partial charge in [0.2, 0.25) is 15.9 Å². The molecule has 0 radical (unpaired) electrons. The molecule has 3 rings (SSSR count). The molecule has 29 heavy (non-hydrogen) atoms. The Morgan fingerprint density at radius 1 is 1.07 bits per heavy atom. The zero-order chi connectivity index (χ0) is 20.9. The molecule has 0 aliphatic carbocycles. The summed E-state index contributed by atoms with van der Waals surface area (Å²) in [5.41, 5.74) is 1.30. The summed E-state index contributed by atoms with van der Waals surface area (Å²) in [6.07, 6.45) is 0.957. The molecule has 0 unspecified atom stereocenters. The Bertz CT molecular complexity index is 939.